The van der Waals surface area contributed by atoms with Crippen molar-refractivity contribution in [2.45, 2.75) is 18.7 Å². The minimum Gasteiger partial charge on any atom is -0.455 e. The van der Waals surface area contributed by atoms with E-state index in [0.717, 1.165) is 32.1 Å². The molecule has 3 aromatic carbocycles. The summed E-state index contributed by atoms with van der Waals surface area (Å²) < 4.78 is 36.4. The lowest BCUT2D eigenvalue weighted by molar-refractivity contribution is 0.544. The van der Waals surface area contributed by atoms with E-state index in [1.807, 2.05) is 62.4 Å². The summed E-state index contributed by atoms with van der Waals surface area (Å²) in [5, 5.41) is 0.893. The van der Waals surface area contributed by atoms with Crippen LogP contribution >= 0.6 is 15.9 Å². The molecule has 2 heterocycles. The normalized spacial score (nSPS) is 13.8. The molecule has 0 radical (unpaired) electrons. The Balaban J connectivity index is 1.87. The van der Waals surface area contributed by atoms with Gasteiger partial charge in [0.05, 0.1) is 16.2 Å². The Morgan fingerprint density at radius 1 is 1.00 bits per heavy atom. The molecule has 6 heteroatoms. The maximum Gasteiger partial charge on any atom is 0.268 e. The molecule has 0 spiro atoms. The molecule has 0 fully saturated rings. The van der Waals surface area contributed by atoms with Crippen LogP contribution in [-0.2, 0) is 10.0 Å². The Hall–Kier alpha value is -3.35. The van der Waals surface area contributed by atoms with Crippen molar-refractivity contribution in [2.75, 3.05) is 0 Å². The maximum atomic E-state index is 13.9. The first-order valence-electron chi connectivity index (χ1n) is 10.7. The van der Waals surface area contributed by atoms with Crippen LogP contribution in [0.4, 0.5) is 0 Å². The molecule has 4 aromatic rings. The summed E-state index contributed by atoms with van der Waals surface area (Å²) in [5.74, 6) is 0.607. The first kappa shape index (κ1) is 22.4. The van der Waals surface area contributed by atoms with Crippen molar-refractivity contribution in [1.29, 1.82) is 0 Å². The number of sulfonamides is 1. The number of hydrogen-bond donors (Lipinski definition) is 0. The Morgan fingerprint density at radius 3 is 2.38 bits per heavy atom. The van der Waals surface area contributed by atoms with E-state index in [1.165, 1.54) is 4.31 Å². The predicted molar refractivity (Wildman–Crippen MR) is 140 cm³/mol. The van der Waals surface area contributed by atoms with E-state index >= 15 is 0 Å². The molecule has 0 bridgehead atoms. The Kier molecular flexibility index (Phi) is 5.58. The first-order chi connectivity index (χ1) is 16.3. The Morgan fingerprint density at radius 2 is 1.71 bits per heavy atom. The van der Waals surface area contributed by atoms with E-state index in [4.69, 9.17) is 4.42 Å². The van der Waals surface area contributed by atoms with Crippen LogP contribution in [0.25, 0.3) is 22.6 Å². The van der Waals surface area contributed by atoms with Crippen LogP contribution in [0.3, 0.4) is 0 Å². The van der Waals surface area contributed by atoms with Crippen molar-refractivity contribution in [1.82, 2.24) is 4.31 Å². The van der Waals surface area contributed by atoms with Gasteiger partial charge in [-0.1, -0.05) is 70.5 Å². The average molecular weight is 532 g/mol. The molecular formula is C28H22BrNO3S. The molecule has 34 heavy (non-hydrogen) atoms. The van der Waals surface area contributed by atoms with E-state index in [-0.39, 0.29) is 4.90 Å². The molecule has 0 N–H and O–H groups in total. The van der Waals surface area contributed by atoms with Crippen molar-refractivity contribution >= 4 is 48.6 Å². The van der Waals surface area contributed by atoms with Gasteiger partial charge >= 0.3 is 0 Å². The fourth-order valence-electron chi connectivity index (χ4n) is 4.17. The topological polar surface area (TPSA) is 50.5 Å². The van der Waals surface area contributed by atoms with E-state index in [1.54, 1.807) is 36.5 Å². The van der Waals surface area contributed by atoms with Crippen LogP contribution in [0, 0.1) is 6.92 Å². The van der Waals surface area contributed by atoms with Gasteiger partial charge in [0.1, 0.15) is 11.3 Å². The predicted octanol–water partition coefficient (Wildman–Crippen LogP) is 7.51. The Labute approximate surface area is 207 Å². The van der Waals surface area contributed by atoms with Crippen LogP contribution in [0.15, 0.2) is 111 Å². The number of hydrogen-bond acceptors (Lipinski definition) is 3. The Bertz CT molecular complexity index is 1590. The summed E-state index contributed by atoms with van der Waals surface area (Å²) in [6.45, 7) is 7.90. The zero-order valence-corrected chi connectivity index (χ0v) is 21.2. The maximum absolute atomic E-state index is 13.9. The van der Waals surface area contributed by atoms with Crippen LogP contribution < -0.4 is 0 Å². The lowest BCUT2D eigenvalue weighted by Gasteiger charge is -2.25. The number of rotatable bonds is 4. The van der Waals surface area contributed by atoms with Gasteiger partial charge in [-0.25, -0.2) is 12.7 Å². The summed E-state index contributed by atoms with van der Waals surface area (Å²) in [5.41, 5.74) is 5.12. The highest BCUT2D eigenvalue weighted by Gasteiger charge is 2.33. The van der Waals surface area contributed by atoms with E-state index in [0.29, 0.717) is 22.6 Å². The third-order valence-electron chi connectivity index (χ3n) is 5.79. The van der Waals surface area contributed by atoms with Gasteiger partial charge in [0.15, 0.2) is 0 Å². The van der Waals surface area contributed by atoms with Crippen molar-refractivity contribution in [3.8, 4) is 0 Å². The highest BCUT2D eigenvalue weighted by Crippen LogP contribution is 2.43. The van der Waals surface area contributed by atoms with Crippen molar-refractivity contribution in [3.05, 3.63) is 124 Å². The summed E-state index contributed by atoms with van der Waals surface area (Å²) in [7, 11) is -3.92. The third-order valence-corrected chi connectivity index (χ3v) is 7.98. The molecule has 170 valence electrons. The second-order valence-electron chi connectivity index (χ2n) is 8.28. The minimum absolute atomic E-state index is 0.208. The second-order valence-corrected chi connectivity index (χ2v) is 11.0. The molecule has 0 amide bonds. The number of fused-ring (bicyclic) bond motifs is 3. The second kappa shape index (κ2) is 8.46. The molecule has 5 rings (SSSR count). The lowest BCUT2D eigenvalue weighted by Crippen LogP contribution is -2.26. The van der Waals surface area contributed by atoms with Gasteiger partial charge in [0, 0.05) is 21.6 Å². The summed E-state index contributed by atoms with van der Waals surface area (Å²) in [6, 6.07) is 22.4. The van der Waals surface area contributed by atoms with Crippen molar-refractivity contribution in [2.24, 2.45) is 0 Å². The smallest absolute Gasteiger partial charge is 0.268 e. The van der Waals surface area contributed by atoms with Gasteiger partial charge in [0.2, 0.25) is 0 Å². The fourth-order valence-corrected chi connectivity index (χ4v) is 5.95. The van der Waals surface area contributed by atoms with Gasteiger partial charge in [0.25, 0.3) is 10.0 Å². The van der Waals surface area contributed by atoms with Gasteiger partial charge in [-0.2, -0.15) is 0 Å². The van der Waals surface area contributed by atoms with Crippen LogP contribution in [0.1, 0.15) is 29.4 Å². The van der Waals surface area contributed by atoms with Crippen LogP contribution in [-0.4, -0.2) is 12.7 Å². The lowest BCUT2D eigenvalue weighted by atomic mass is 9.96. The van der Waals surface area contributed by atoms with Gasteiger partial charge in [-0.05, 0) is 61.4 Å². The highest BCUT2D eigenvalue weighted by atomic mass is 79.9. The summed E-state index contributed by atoms with van der Waals surface area (Å²) >= 11 is 3.54. The number of benzene rings is 3. The number of allylic oxidation sites excluding steroid dienone is 1. The molecule has 0 unspecified atom stereocenters. The standard InChI is InChI=1S/C28H22BrNO3S/c1-18(2)27-26(20-7-5-4-6-8-20)28-23(24-17-21(29)11-14-25(24)33-28)15-16-30(27)34(31,32)22-12-9-19(3)10-13-22/h4-17H,1H2,2-3H3. The SMILES string of the molecule is C=C(C)C1=C(c2ccccc2)c2oc3ccc(Br)cc3c2C=CN1S(=O)(=O)c1ccc(C)cc1. The number of aryl methyl sites for hydroxylation is 1. The number of nitrogens with zero attached hydrogens (tertiary/aromatic N) is 1. The zero-order valence-electron chi connectivity index (χ0n) is 18.7. The number of halogens is 1. The van der Waals surface area contributed by atoms with Crippen LogP contribution in [0.2, 0.25) is 0 Å². The minimum atomic E-state index is -3.92. The summed E-state index contributed by atoms with van der Waals surface area (Å²) in [6.07, 6.45) is 3.40. The third kappa shape index (κ3) is 3.73. The molecule has 0 saturated carbocycles. The highest BCUT2D eigenvalue weighted by molar-refractivity contribution is 9.10. The average Bonchev–Trinajstić information content (AvgIpc) is 3.06. The molecular weight excluding hydrogens is 510 g/mol. The monoisotopic (exact) mass is 531 g/mol. The van der Waals surface area contributed by atoms with Gasteiger partial charge in [-0.15, -0.1) is 0 Å². The van der Waals surface area contributed by atoms with Crippen molar-refractivity contribution in [3.63, 3.8) is 0 Å². The molecule has 4 nitrogen and oxygen atoms in total. The van der Waals surface area contributed by atoms with Crippen LogP contribution in [0.5, 0.6) is 0 Å². The molecule has 0 saturated heterocycles. The van der Waals surface area contributed by atoms with E-state index in [9.17, 15) is 8.42 Å². The number of furan rings is 1. The van der Waals surface area contributed by atoms with Gasteiger partial charge < -0.3 is 4.42 Å². The van der Waals surface area contributed by atoms with Gasteiger partial charge in [-0.3, -0.25) is 0 Å². The molecule has 1 aliphatic rings. The zero-order chi connectivity index (χ0) is 24.0. The quantitative estimate of drug-likeness (QED) is 0.273. The van der Waals surface area contributed by atoms with E-state index < -0.39 is 10.0 Å². The van der Waals surface area contributed by atoms with E-state index in [2.05, 4.69) is 22.5 Å². The molecule has 1 aromatic heterocycles. The first-order valence-corrected chi connectivity index (χ1v) is 13.0. The fraction of sp³-hybridized carbons (Fsp3) is 0.0714. The molecule has 1 aliphatic heterocycles. The molecule has 0 aliphatic carbocycles. The largest absolute Gasteiger partial charge is 0.455 e. The van der Waals surface area contributed by atoms with Crippen molar-refractivity contribution < 1.29 is 12.8 Å². The molecule has 0 atom stereocenters. The summed E-state index contributed by atoms with van der Waals surface area (Å²) in [4.78, 5) is 0.208.